The predicted octanol–water partition coefficient (Wildman–Crippen LogP) is 4.61. The Bertz CT molecular complexity index is 1350. The van der Waals surface area contributed by atoms with Crippen molar-refractivity contribution < 1.29 is 18.3 Å². The first kappa shape index (κ1) is 20.1. The quantitative estimate of drug-likeness (QED) is 0.473. The second kappa shape index (κ2) is 7.93. The Hall–Kier alpha value is -3.16. The van der Waals surface area contributed by atoms with Crippen molar-refractivity contribution in [3.8, 4) is 11.1 Å². The fraction of sp³-hybridized carbons (Fsp3) is 0.0909. The molecule has 0 aliphatic carbocycles. The van der Waals surface area contributed by atoms with E-state index in [-0.39, 0.29) is 22.8 Å². The molecule has 0 aliphatic heterocycles. The second-order valence-electron chi connectivity index (χ2n) is 6.75. The van der Waals surface area contributed by atoms with Gasteiger partial charge < -0.3 is 5.11 Å². The number of aliphatic carboxylic acids is 1. The van der Waals surface area contributed by atoms with Gasteiger partial charge in [-0.2, -0.15) is 0 Å². The zero-order valence-corrected chi connectivity index (χ0v) is 17.3. The molecule has 0 atom stereocenters. The lowest BCUT2D eigenvalue weighted by Crippen LogP contribution is -2.12. The van der Waals surface area contributed by atoms with Crippen molar-refractivity contribution in [1.29, 1.82) is 0 Å². The van der Waals surface area contributed by atoms with E-state index in [4.69, 9.17) is 16.7 Å². The number of carboxylic acids is 1. The monoisotopic (exact) mass is 440 g/mol. The molecule has 1 N–H and O–H groups in total. The smallest absolute Gasteiger partial charge is 0.303 e. The van der Waals surface area contributed by atoms with Gasteiger partial charge in [-0.25, -0.2) is 12.4 Å². The Kier molecular flexibility index (Phi) is 5.32. The normalized spacial score (nSPS) is 11.6. The summed E-state index contributed by atoms with van der Waals surface area (Å²) in [5.41, 5.74) is 2.84. The van der Waals surface area contributed by atoms with Gasteiger partial charge in [0.2, 0.25) is 0 Å². The van der Waals surface area contributed by atoms with Crippen LogP contribution in [0.15, 0.2) is 78.1 Å². The number of fused-ring (bicyclic) bond motifs is 1. The molecule has 0 radical (unpaired) electrons. The van der Waals surface area contributed by atoms with Gasteiger partial charge in [-0.1, -0.05) is 35.9 Å². The second-order valence-corrected chi connectivity index (χ2v) is 8.94. The molecule has 6 nitrogen and oxygen atoms in total. The first-order valence-corrected chi connectivity index (χ1v) is 11.0. The van der Waals surface area contributed by atoms with Crippen molar-refractivity contribution >= 4 is 38.5 Å². The zero-order chi connectivity index (χ0) is 21.3. The van der Waals surface area contributed by atoms with E-state index in [1.807, 2.05) is 24.3 Å². The van der Waals surface area contributed by atoms with Crippen LogP contribution in [0.3, 0.4) is 0 Å². The molecule has 2 aromatic carbocycles. The molecule has 0 unspecified atom stereocenters. The summed E-state index contributed by atoms with van der Waals surface area (Å²) in [4.78, 5) is 15.2. The summed E-state index contributed by atoms with van der Waals surface area (Å²) in [7, 11) is -3.97. The van der Waals surface area contributed by atoms with Gasteiger partial charge >= 0.3 is 5.97 Å². The molecule has 2 aromatic heterocycles. The molecule has 4 rings (SSSR count). The van der Waals surface area contributed by atoms with E-state index >= 15 is 0 Å². The van der Waals surface area contributed by atoms with Crippen LogP contribution in [-0.2, 0) is 21.2 Å². The van der Waals surface area contributed by atoms with E-state index in [9.17, 15) is 13.2 Å². The van der Waals surface area contributed by atoms with Crippen molar-refractivity contribution in [2.24, 2.45) is 0 Å². The molecule has 0 bridgehead atoms. The number of aromatic nitrogens is 2. The van der Waals surface area contributed by atoms with Gasteiger partial charge in [-0.05, 0) is 47.9 Å². The number of halogens is 1. The van der Waals surface area contributed by atoms with Crippen LogP contribution in [0.2, 0.25) is 5.02 Å². The average Bonchev–Trinajstić information content (AvgIpc) is 3.12. The third-order valence-electron chi connectivity index (χ3n) is 4.83. The number of hydrogen-bond donors (Lipinski definition) is 1. The molecule has 0 saturated heterocycles. The number of carbonyl (C=O) groups is 1. The van der Waals surface area contributed by atoms with E-state index in [0.29, 0.717) is 16.5 Å². The van der Waals surface area contributed by atoms with Crippen LogP contribution in [0.5, 0.6) is 0 Å². The molecule has 8 heteroatoms. The van der Waals surface area contributed by atoms with Crippen LogP contribution in [0.25, 0.3) is 22.0 Å². The third kappa shape index (κ3) is 3.69. The topological polar surface area (TPSA) is 89.3 Å². The van der Waals surface area contributed by atoms with E-state index in [2.05, 4.69) is 4.98 Å². The largest absolute Gasteiger partial charge is 0.481 e. The molecule has 2 heterocycles. The van der Waals surface area contributed by atoms with Gasteiger partial charge in [0.25, 0.3) is 10.0 Å². The fourth-order valence-electron chi connectivity index (χ4n) is 3.38. The van der Waals surface area contributed by atoms with E-state index < -0.39 is 16.0 Å². The highest BCUT2D eigenvalue weighted by molar-refractivity contribution is 7.90. The highest BCUT2D eigenvalue weighted by Gasteiger charge is 2.24. The highest BCUT2D eigenvalue weighted by atomic mass is 35.5. The molecule has 0 amide bonds. The number of pyridine rings is 1. The van der Waals surface area contributed by atoms with Crippen molar-refractivity contribution in [3.63, 3.8) is 0 Å². The van der Waals surface area contributed by atoms with Crippen molar-refractivity contribution in [1.82, 2.24) is 8.96 Å². The summed E-state index contributed by atoms with van der Waals surface area (Å²) in [5, 5.41) is 9.91. The van der Waals surface area contributed by atoms with Gasteiger partial charge in [0, 0.05) is 36.0 Å². The lowest BCUT2D eigenvalue weighted by atomic mass is 10.0. The molecule has 152 valence electrons. The standard InChI is InChI=1S/C22H17ClN2O4S/c23-19-5-1-2-6-21(19)30(28,29)25-14-17(8-10-22(26)27)18-12-15(7-9-20(18)25)16-4-3-11-24-13-16/h1-7,9,11-14H,8,10H2,(H,26,27). The van der Waals surface area contributed by atoms with Crippen molar-refractivity contribution in [3.05, 3.63) is 83.8 Å². The van der Waals surface area contributed by atoms with Gasteiger partial charge in [-0.3, -0.25) is 9.78 Å². The number of rotatable bonds is 6. The zero-order valence-electron chi connectivity index (χ0n) is 15.7. The van der Waals surface area contributed by atoms with E-state index in [0.717, 1.165) is 11.1 Å². The van der Waals surface area contributed by atoms with Crippen LogP contribution in [0.1, 0.15) is 12.0 Å². The van der Waals surface area contributed by atoms with Gasteiger partial charge in [0.05, 0.1) is 10.5 Å². The summed E-state index contributed by atoms with van der Waals surface area (Å²) >= 11 is 6.15. The first-order chi connectivity index (χ1) is 14.4. The Morgan fingerprint density at radius 1 is 1.07 bits per heavy atom. The summed E-state index contributed by atoms with van der Waals surface area (Å²) in [6, 6.07) is 15.4. The SMILES string of the molecule is O=C(O)CCc1cn(S(=O)(=O)c2ccccc2Cl)c2ccc(-c3cccnc3)cc12. The van der Waals surface area contributed by atoms with E-state index in [1.165, 1.54) is 22.3 Å². The maximum atomic E-state index is 13.3. The fourth-order valence-corrected chi connectivity index (χ4v) is 5.27. The summed E-state index contributed by atoms with van der Waals surface area (Å²) < 4.78 is 27.8. The number of aryl methyl sites for hydroxylation is 1. The molecule has 0 fully saturated rings. The van der Waals surface area contributed by atoms with Crippen LogP contribution in [0, 0.1) is 0 Å². The van der Waals surface area contributed by atoms with Gasteiger partial charge in [-0.15, -0.1) is 0 Å². The highest BCUT2D eigenvalue weighted by Crippen LogP contribution is 2.32. The average molecular weight is 441 g/mol. The van der Waals surface area contributed by atoms with Crippen LogP contribution in [0.4, 0.5) is 0 Å². The Morgan fingerprint density at radius 3 is 2.57 bits per heavy atom. The number of nitrogens with zero attached hydrogens (tertiary/aromatic N) is 2. The summed E-state index contributed by atoms with van der Waals surface area (Å²) in [6.07, 6.45) is 4.97. The number of hydrogen-bond acceptors (Lipinski definition) is 4. The maximum Gasteiger partial charge on any atom is 0.303 e. The molecular weight excluding hydrogens is 424 g/mol. The minimum atomic E-state index is -3.97. The molecule has 0 spiro atoms. The molecule has 30 heavy (non-hydrogen) atoms. The van der Waals surface area contributed by atoms with Gasteiger partial charge in [0.15, 0.2) is 0 Å². The molecule has 0 saturated carbocycles. The van der Waals surface area contributed by atoms with Gasteiger partial charge in [0.1, 0.15) is 4.90 Å². The minimum Gasteiger partial charge on any atom is -0.481 e. The predicted molar refractivity (Wildman–Crippen MR) is 115 cm³/mol. The summed E-state index contributed by atoms with van der Waals surface area (Å²) in [6.45, 7) is 0. The van der Waals surface area contributed by atoms with Crippen LogP contribution in [-0.4, -0.2) is 28.5 Å². The lowest BCUT2D eigenvalue weighted by molar-refractivity contribution is -0.136. The first-order valence-electron chi connectivity index (χ1n) is 9.14. The molecule has 0 aliphatic rings. The minimum absolute atomic E-state index is 0.00955. The number of benzene rings is 2. The Labute approximate surface area is 178 Å². The maximum absolute atomic E-state index is 13.3. The van der Waals surface area contributed by atoms with Crippen molar-refractivity contribution in [2.75, 3.05) is 0 Å². The van der Waals surface area contributed by atoms with Crippen molar-refractivity contribution in [2.45, 2.75) is 17.7 Å². The van der Waals surface area contributed by atoms with Crippen LogP contribution < -0.4 is 0 Å². The molecular formula is C22H17ClN2O4S. The third-order valence-corrected chi connectivity index (χ3v) is 7.00. The molecule has 4 aromatic rings. The Morgan fingerprint density at radius 2 is 1.87 bits per heavy atom. The van der Waals surface area contributed by atoms with E-state index in [1.54, 1.807) is 30.6 Å². The lowest BCUT2D eigenvalue weighted by Gasteiger charge is -2.09. The number of carboxylic acid groups (broad SMARTS) is 1. The Balaban J connectivity index is 1.92. The summed E-state index contributed by atoms with van der Waals surface area (Å²) in [5.74, 6) is -0.951. The van der Waals surface area contributed by atoms with Crippen LogP contribution >= 0.6 is 11.6 Å².